The molecule has 0 spiro atoms. The summed E-state index contributed by atoms with van der Waals surface area (Å²) in [5.74, 6) is 2.22. The normalized spacial score (nSPS) is 13.0. The fraction of sp³-hybridized carbons (Fsp3) is 0.333. The van der Waals surface area contributed by atoms with E-state index in [-0.39, 0.29) is 6.04 Å². The summed E-state index contributed by atoms with van der Waals surface area (Å²) in [7, 11) is 0. The summed E-state index contributed by atoms with van der Waals surface area (Å²) in [6.07, 6.45) is 0. The number of benzene rings is 1. The lowest BCUT2D eigenvalue weighted by molar-refractivity contribution is 0.490. The predicted octanol–water partition coefficient (Wildman–Crippen LogP) is 4.09. The van der Waals surface area contributed by atoms with Gasteiger partial charge in [0, 0.05) is 5.56 Å². The fourth-order valence-electron chi connectivity index (χ4n) is 1.97. The molecular weight excluding hydrogens is 210 g/mol. The van der Waals surface area contributed by atoms with Crippen LogP contribution in [0.3, 0.4) is 0 Å². The SMILES string of the molecule is CC(C)c1ccccc1-c1ccc(C(C)N)o1. The lowest BCUT2D eigenvalue weighted by Gasteiger charge is -2.10. The molecule has 90 valence electrons. The van der Waals surface area contributed by atoms with Crippen LogP contribution in [0, 0.1) is 0 Å². The second-order valence-electron chi connectivity index (χ2n) is 4.73. The molecule has 2 nitrogen and oxygen atoms in total. The first-order chi connectivity index (χ1) is 8.09. The first-order valence-corrected chi connectivity index (χ1v) is 6.04. The zero-order valence-corrected chi connectivity index (χ0v) is 10.6. The van der Waals surface area contributed by atoms with Crippen molar-refractivity contribution in [3.05, 3.63) is 47.7 Å². The number of hydrogen-bond donors (Lipinski definition) is 1. The summed E-state index contributed by atoms with van der Waals surface area (Å²) >= 11 is 0. The third kappa shape index (κ3) is 2.42. The molecule has 17 heavy (non-hydrogen) atoms. The van der Waals surface area contributed by atoms with E-state index in [1.54, 1.807) is 0 Å². The Morgan fingerprint density at radius 3 is 2.29 bits per heavy atom. The van der Waals surface area contributed by atoms with Gasteiger partial charge in [0.1, 0.15) is 11.5 Å². The third-order valence-electron chi connectivity index (χ3n) is 2.92. The van der Waals surface area contributed by atoms with Gasteiger partial charge in [0.2, 0.25) is 0 Å². The molecule has 0 saturated heterocycles. The van der Waals surface area contributed by atoms with Crippen LogP contribution in [0.25, 0.3) is 11.3 Å². The van der Waals surface area contributed by atoms with Crippen molar-refractivity contribution in [1.82, 2.24) is 0 Å². The predicted molar refractivity (Wildman–Crippen MR) is 70.8 cm³/mol. The van der Waals surface area contributed by atoms with Crippen LogP contribution in [-0.2, 0) is 0 Å². The van der Waals surface area contributed by atoms with Crippen LogP contribution < -0.4 is 5.73 Å². The van der Waals surface area contributed by atoms with Crippen LogP contribution in [0.4, 0.5) is 0 Å². The maximum Gasteiger partial charge on any atom is 0.134 e. The first kappa shape index (κ1) is 11.9. The zero-order chi connectivity index (χ0) is 12.4. The average molecular weight is 229 g/mol. The van der Waals surface area contributed by atoms with Crippen molar-refractivity contribution in [2.45, 2.75) is 32.7 Å². The topological polar surface area (TPSA) is 39.2 Å². The number of furan rings is 1. The molecular formula is C15H19NO. The molecule has 0 aliphatic heterocycles. The molecule has 2 rings (SSSR count). The largest absolute Gasteiger partial charge is 0.459 e. The van der Waals surface area contributed by atoms with E-state index in [1.165, 1.54) is 5.56 Å². The summed E-state index contributed by atoms with van der Waals surface area (Å²) in [5.41, 5.74) is 8.27. The quantitative estimate of drug-likeness (QED) is 0.861. The Balaban J connectivity index is 2.45. The van der Waals surface area contributed by atoms with Crippen LogP contribution in [-0.4, -0.2) is 0 Å². The maximum absolute atomic E-state index is 5.81. The number of rotatable bonds is 3. The molecule has 0 aliphatic carbocycles. The highest BCUT2D eigenvalue weighted by Crippen LogP contribution is 2.31. The van der Waals surface area contributed by atoms with Gasteiger partial charge in [-0.1, -0.05) is 38.1 Å². The van der Waals surface area contributed by atoms with E-state index < -0.39 is 0 Å². The van der Waals surface area contributed by atoms with Crippen molar-refractivity contribution in [3.63, 3.8) is 0 Å². The minimum absolute atomic E-state index is 0.0602. The molecule has 0 saturated carbocycles. The molecule has 0 bridgehead atoms. The van der Waals surface area contributed by atoms with Gasteiger partial charge in [-0.25, -0.2) is 0 Å². The Labute approximate surface area is 102 Å². The van der Waals surface area contributed by atoms with E-state index in [4.69, 9.17) is 10.2 Å². The van der Waals surface area contributed by atoms with Crippen LogP contribution in [0.15, 0.2) is 40.8 Å². The molecule has 2 N–H and O–H groups in total. The molecule has 2 heteroatoms. The summed E-state index contributed by atoms with van der Waals surface area (Å²) < 4.78 is 5.80. The van der Waals surface area contributed by atoms with Gasteiger partial charge in [-0.15, -0.1) is 0 Å². The molecule has 1 aromatic carbocycles. The highest BCUT2D eigenvalue weighted by molar-refractivity contribution is 5.63. The van der Waals surface area contributed by atoms with Gasteiger partial charge in [-0.3, -0.25) is 0 Å². The summed E-state index contributed by atoms with van der Waals surface area (Å²) in [6.45, 7) is 6.31. The molecule has 0 amide bonds. The van der Waals surface area contributed by atoms with Gasteiger partial charge in [0.25, 0.3) is 0 Å². The molecule has 1 aromatic heterocycles. The van der Waals surface area contributed by atoms with Crippen LogP contribution in [0.1, 0.15) is 44.1 Å². The second-order valence-corrected chi connectivity index (χ2v) is 4.73. The van der Waals surface area contributed by atoms with Gasteiger partial charge in [-0.2, -0.15) is 0 Å². The van der Waals surface area contributed by atoms with Crippen LogP contribution in [0.5, 0.6) is 0 Å². The Morgan fingerprint density at radius 2 is 1.71 bits per heavy atom. The second kappa shape index (κ2) is 4.76. The van der Waals surface area contributed by atoms with Crippen molar-refractivity contribution in [3.8, 4) is 11.3 Å². The highest BCUT2D eigenvalue weighted by Gasteiger charge is 2.12. The van der Waals surface area contributed by atoms with Gasteiger partial charge in [0.05, 0.1) is 6.04 Å². The smallest absolute Gasteiger partial charge is 0.134 e. The standard InChI is InChI=1S/C15H19NO/c1-10(2)12-6-4-5-7-13(12)15-9-8-14(17-15)11(3)16/h4-11H,16H2,1-3H3. The molecule has 0 radical (unpaired) electrons. The highest BCUT2D eigenvalue weighted by atomic mass is 16.3. The van der Waals surface area contributed by atoms with Crippen LogP contribution >= 0.6 is 0 Å². The van der Waals surface area contributed by atoms with Crippen molar-refractivity contribution in [1.29, 1.82) is 0 Å². The lowest BCUT2D eigenvalue weighted by atomic mass is 9.96. The van der Waals surface area contributed by atoms with E-state index in [9.17, 15) is 0 Å². The monoisotopic (exact) mass is 229 g/mol. The Morgan fingerprint density at radius 1 is 1.00 bits per heavy atom. The molecule has 1 heterocycles. The van der Waals surface area contributed by atoms with Gasteiger partial charge < -0.3 is 10.2 Å². The minimum Gasteiger partial charge on any atom is -0.459 e. The molecule has 1 unspecified atom stereocenters. The Kier molecular flexibility index (Phi) is 3.34. The Bertz CT molecular complexity index is 497. The van der Waals surface area contributed by atoms with E-state index in [0.717, 1.165) is 17.1 Å². The fourth-order valence-corrected chi connectivity index (χ4v) is 1.97. The van der Waals surface area contributed by atoms with E-state index in [0.29, 0.717) is 5.92 Å². The van der Waals surface area contributed by atoms with Crippen molar-refractivity contribution in [2.24, 2.45) is 5.73 Å². The van der Waals surface area contributed by atoms with Gasteiger partial charge in [0.15, 0.2) is 0 Å². The first-order valence-electron chi connectivity index (χ1n) is 6.04. The van der Waals surface area contributed by atoms with Gasteiger partial charge >= 0.3 is 0 Å². The molecule has 2 aromatic rings. The molecule has 0 aliphatic rings. The molecule has 1 atom stereocenters. The van der Waals surface area contributed by atoms with E-state index in [1.807, 2.05) is 25.1 Å². The number of nitrogens with two attached hydrogens (primary N) is 1. The minimum atomic E-state index is -0.0602. The lowest BCUT2D eigenvalue weighted by Crippen LogP contribution is -2.02. The third-order valence-corrected chi connectivity index (χ3v) is 2.92. The van der Waals surface area contributed by atoms with Crippen LogP contribution in [0.2, 0.25) is 0 Å². The van der Waals surface area contributed by atoms with Crippen molar-refractivity contribution in [2.75, 3.05) is 0 Å². The summed E-state index contributed by atoms with van der Waals surface area (Å²) in [4.78, 5) is 0. The van der Waals surface area contributed by atoms with Crippen molar-refractivity contribution < 1.29 is 4.42 Å². The van der Waals surface area contributed by atoms with E-state index >= 15 is 0 Å². The van der Waals surface area contributed by atoms with Gasteiger partial charge in [-0.05, 0) is 30.5 Å². The van der Waals surface area contributed by atoms with E-state index in [2.05, 4.69) is 32.0 Å². The maximum atomic E-state index is 5.81. The zero-order valence-electron chi connectivity index (χ0n) is 10.6. The average Bonchev–Trinajstić information content (AvgIpc) is 2.78. The van der Waals surface area contributed by atoms with Crippen molar-refractivity contribution >= 4 is 0 Å². The Hall–Kier alpha value is -1.54. The molecule has 0 fully saturated rings. The summed E-state index contributed by atoms with van der Waals surface area (Å²) in [6, 6.07) is 12.2. The summed E-state index contributed by atoms with van der Waals surface area (Å²) in [5, 5.41) is 0. The number of hydrogen-bond acceptors (Lipinski definition) is 2.